The van der Waals surface area contributed by atoms with Crippen LogP contribution in [0.25, 0.3) is 10.9 Å². The van der Waals surface area contributed by atoms with E-state index < -0.39 is 0 Å². The molecular weight excluding hydrogens is 276 g/mol. The molecule has 22 heavy (non-hydrogen) atoms. The van der Waals surface area contributed by atoms with Crippen molar-refractivity contribution in [3.63, 3.8) is 0 Å². The van der Waals surface area contributed by atoms with Gasteiger partial charge in [-0.25, -0.2) is 4.99 Å². The Hall–Kier alpha value is -2.14. The third-order valence-corrected chi connectivity index (χ3v) is 3.42. The fourth-order valence-corrected chi connectivity index (χ4v) is 2.13. The lowest BCUT2D eigenvalue weighted by atomic mass is 10.1. The molecule has 0 aliphatic heterocycles. The molecule has 118 valence electrons. The molecule has 3 N–H and O–H groups in total. The van der Waals surface area contributed by atoms with Crippen molar-refractivity contribution in [2.45, 2.75) is 20.4 Å². The Morgan fingerprint density at radius 1 is 1.27 bits per heavy atom. The first-order valence-electron chi connectivity index (χ1n) is 7.70. The van der Waals surface area contributed by atoms with Gasteiger partial charge in [-0.1, -0.05) is 25.1 Å². The van der Waals surface area contributed by atoms with Gasteiger partial charge in [0, 0.05) is 31.3 Å². The average Bonchev–Trinajstić information content (AvgIpc) is 2.57. The van der Waals surface area contributed by atoms with Crippen LogP contribution in [-0.2, 0) is 6.54 Å². The van der Waals surface area contributed by atoms with E-state index >= 15 is 0 Å². The van der Waals surface area contributed by atoms with Crippen molar-refractivity contribution in [1.82, 2.24) is 15.6 Å². The van der Waals surface area contributed by atoms with E-state index in [2.05, 4.69) is 26.7 Å². The van der Waals surface area contributed by atoms with Crippen molar-refractivity contribution in [2.75, 3.05) is 19.7 Å². The van der Waals surface area contributed by atoms with Crippen LogP contribution in [0.15, 0.2) is 41.5 Å². The fourth-order valence-electron chi connectivity index (χ4n) is 2.13. The maximum atomic E-state index is 9.10. The summed E-state index contributed by atoms with van der Waals surface area (Å²) in [7, 11) is 0. The summed E-state index contributed by atoms with van der Waals surface area (Å²) in [5.41, 5.74) is 2.14. The molecule has 2 rings (SSSR count). The Morgan fingerprint density at radius 3 is 2.86 bits per heavy atom. The number of hydrogen-bond donors (Lipinski definition) is 3. The highest BCUT2D eigenvalue weighted by Gasteiger charge is 2.04. The third kappa shape index (κ3) is 4.43. The van der Waals surface area contributed by atoms with Crippen molar-refractivity contribution >= 4 is 16.9 Å². The molecule has 0 aliphatic rings. The Morgan fingerprint density at radius 2 is 2.09 bits per heavy atom. The topological polar surface area (TPSA) is 69.5 Å². The normalized spacial score (nSPS) is 13.1. The number of rotatable bonds is 6. The van der Waals surface area contributed by atoms with Gasteiger partial charge in [-0.15, -0.1) is 0 Å². The zero-order valence-corrected chi connectivity index (χ0v) is 13.2. The molecule has 0 fully saturated rings. The van der Waals surface area contributed by atoms with E-state index in [0.29, 0.717) is 13.1 Å². The summed E-state index contributed by atoms with van der Waals surface area (Å²) < 4.78 is 0. The first kappa shape index (κ1) is 16.2. The van der Waals surface area contributed by atoms with E-state index in [-0.39, 0.29) is 12.5 Å². The minimum absolute atomic E-state index is 0.168. The minimum atomic E-state index is 0.168. The number of guanidine groups is 1. The quantitative estimate of drug-likeness (QED) is 0.563. The largest absolute Gasteiger partial charge is 0.396 e. The van der Waals surface area contributed by atoms with Crippen LogP contribution in [0.5, 0.6) is 0 Å². The van der Waals surface area contributed by atoms with Gasteiger partial charge in [0.15, 0.2) is 5.96 Å². The number of aliphatic hydroxyl groups excluding tert-OH is 1. The number of nitrogens with one attached hydrogen (secondary N) is 2. The molecule has 2 aromatic rings. The van der Waals surface area contributed by atoms with Crippen molar-refractivity contribution in [2.24, 2.45) is 10.9 Å². The second kappa shape index (κ2) is 8.34. The van der Waals surface area contributed by atoms with Crippen LogP contribution in [-0.4, -0.2) is 35.7 Å². The molecule has 5 heteroatoms. The summed E-state index contributed by atoms with van der Waals surface area (Å²) in [6.45, 7) is 6.28. The monoisotopic (exact) mass is 300 g/mol. The van der Waals surface area contributed by atoms with E-state index in [0.717, 1.165) is 29.0 Å². The molecule has 1 unspecified atom stereocenters. The first-order chi connectivity index (χ1) is 10.7. The molecule has 0 spiro atoms. The zero-order valence-electron chi connectivity index (χ0n) is 13.2. The molecule has 0 bridgehead atoms. The van der Waals surface area contributed by atoms with Crippen molar-refractivity contribution in [3.05, 3.63) is 42.1 Å². The average molecular weight is 300 g/mol. The number of para-hydroxylation sites is 1. The number of fused-ring (bicyclic) bond motifs is 1. The highest BCUT2D eigenvalue weighted by atomic mass is 16.3. The molecule has 0 radical (unpaired) electrons. The highest BCUT2D eigenvalue weighted by molar-refractivity contribution is 5.83. The highest BCUT2D eigenvalue weighted by Crippen LogP contribution is 2.16. The van der Waals surface area contributed by atoms with Gasteiger partial charge in [0.25, 0.3) is 0 Å². The molecule has 0 saturated heterocycles. The Labute approximate surface area is 131 Å². The lowest BCUT2D eigenvalue weighted by molar-refractivity contribution is 0.238. The number of pyridine rings is 1. The smallest absolute Gasteiger partial charge is 0.191 e. The van der Waals surface area contributed by atoms with Crippen LogP contribution in [0.1, 0.15) is 19.4 Å². The Kier molecular flexibility index (Phi) is 6.15. The minimum Gasteiger partial charge on any atom is -0.396 e. The number of benzene rings is 1. The fraction of sp³-hybridized carbons (Fsp3) is 0.412. The van der Waals surface area contributed by atoms with Gasteiger partial charge in [0.2, 0.25) is 0 Å². The lowest BCUT2D eigenvalue weighted by Gasteiger charge is -2.14. The Balaban J connectivity index is 2.11. The van der Waals surface area contributed by atoms with Gasteiger partial charge in [-0.2, -0.15) is 0 Å². The molecule has 0 aliphatic carbocycles. The van der Waals surface area contributed by atoms with Crippen molar-refractivity contribution in [3.8, 4) is 0 Å². The molecule has 5 nitrogen and oxygen atoms in total. The van der Waals surface area contributed by atoms with E-state index in [4.69, 9.17) is 5.11 Å². The SMILES string of the molecule is CCNC(=NCc1ccnc2ccccc12)NCC(C)CO. The molecule has 1 aromatic carbocycles. The predicted molar refractivity (Wildman–Crippen MR) is 90.8 cm³/mol. The number of nitrogens with zero attached hydrogens (tertiary/aromatic N) is 2. The van der Waals surface area contributed by atoms with Gasteiger partial charge >= 0.3 is 0 Å². The summed E-state index contributed by atoms with van der Waals surface area (Å²) in [5.74, 6) is 0.967. The van der Waals surface area contributed by atoms with Crippen LogP contribution in [0.2, 0.25) is 0 Å². The third-order valence-electron chi connectivity index (χ3n) is 3.42. The number of aliphatic hydroxyl groups is 1. The van der Waals surface area contributed by atoms with Crippen LogP contribution in [0.4, 0.5) is 0 Å². The van der Waals surface area contributed by atoms with E-state index in [1.807, 2.05) is 44.3 Å². The molecule has 1 aromatic heterocycles. The van der Waals surface area contributed by atoms with E-state index in [9.17, 15) is 0 Å². The number of aliphatic imine (C=N–C) groups is 1. The van der Waals surface area contributed by atoms with Gasteiger partial charge in [-0.3, -0.25) is 4.98 Å². The molecule has 1 atom stereocenters. The van der Waals surface area contributed by atoms with Crippen molar-refractivity contribution < 1.29 is 5.11 Å². The summed E-state index contributed by atoms with van der Waals surface area (Å²) in [6.07, 6.45) is 1.82. The number of hydrogen-bond acceptors (Lipinski definition) is 3. The summed E-state index contributed by atoms with van der Waals surface area (Å²) in [6, 6.07) is 10.1. The van der Waals surface area contributed by atoms with Crippen LogP contribution in [0, 0.1) is 5.92 Å². The van der Waals surface area contributed by atoms with Gasteiger partial charge in [0.05, 0.1) is 12.1 Å². The first-order valence-corrected chi connectivity index (χ1v) is 7.70. The summed E-state index contributed by atoms with van der Waals surface area (Å²) in [4.78, 5) is 8.99. The van der Waals surface area contributed by atoms with Crippen LogP contribution in [0.3, 0.4) is 0 Å². The second-order valence-corrected chi connectivity index (χ2v) is 5.35. The number of aromatic nitrogens is 1. The predicted octanol–water partition coefficient (Wildman–Crippen LogP) is 1.92. The van der Waals surface area contributed by atoms with Crippen molar-refractivity contribution in [1.29, 1.82) is 0 Å². The molecular formula is C17H24N4O. The summed E-state index contributed by atoms with van der Waals surface area (Å²) in [5, 5.41) is 16.7. The zero-order chi connectivity index (χ0) is 15.8. The lowest BCUT2D eigenvalue weighted by Crippen LogP contribution is -2.39. The summed E-state index contributed by atoms with van der Waals surface area (Å²) >= 11 is 0. The van der Waals surface area contributed by atoms with Crippen LogP contribution < -0.4 is 10.6 Å². The molecule has 0 amide bonds. The van der Waals surface area contributed by atoms with Gasteiger partial charge < -0.3 is 15.7 Å². The maximum absolute atomic E-state index is 9.10. The van der Waals surface area contributed by atoms with E-state index in [1.165, 1.54) is 0 Å². The maximum Gasteiger partial charge on any atom is 0.191 e. The Bertz CT molecular complexity index is 622. The van der Waals surface area contributed by atoms with Crippen LogP contribution >= 0.6 is 0 Å². The van der Waals surface area contributed by atoms with E-state index in [1.54, 1.807) is 0 Å². The van der Waals surface area contributed by atoms with Gasteiger partial charge in [-0.05, 0) is 30.5 Å². The standard InChI is InChI=1S/C17H24N4O/c1-3-18-17(20-10-13(2)12-22)21-11-14-8-9-19-16-7-5-4-6-15(14)16/h4-9,13,22H,3,10-12H2,1-2H3,(H2,18,20,21). The van der Waals surface area contributed by atoms with Gasteiger partial charge in [0.1, 0.15) is 0 Å². The molecule has 0 saturated carbocycles. The molecule has 1 heterocycles. The second-order valence-electron chi connectivity index (χ2n) is 5.35.